The number of nitrogens with one attached hydrogen (secondary N) is 1. The van der Waals surface area contributed by atoms with Gasteiger partial charge in [0.25, 0.3) is 0 Å². The molecule has 0 aromatic heterocycles. The molecule has 0 bridgehead atoms. The van der Waals surface area contributed by atoms with Crippen LogP contribution in [0.4, 0.5) is 15.8 Å². The fourth-order valence-corrected chi connectivity index (χ4v) is 2.55. The van der Waals surface area contributed by atoms with Gasteiger partial charge in [-0.3, -0.25) is 10.1 Å². The van der Waals surface area contributed by atoms with E-state index in [0.717, 1.165) is 24.8 Å². The van der Waals surface area contributed by atoms with Crippen LogP contribution in [0.15, 0.2) is 18.2 Å². The Morgan fingerprint density at radius 3 is 2.89 bits per heavy atom. The molecular formula is C13H17FN2O2. The lowest BCUT2D eigenvalue weighted by atomic mass is 10.1. The molecular weight excluding hydrogens is 235 g/mol. The highest BCUT2D eigenvalue weighted by molar-refractivity contribution is 5.52. The number of hydrogen-bond acceptors (Lipinski definition) is 3. The largest absolute Gasteiger partial charge is 0.382 e. The van der Waals surface area contributed by atoms with Crippen molar-refractivity contribution in [1.82, 2.24) is 0 Å². The average molecular weight is 252 g/mol. The van der Waals surface area contributed by atoms with E-state index in [1.807, 2.05) is 0 Å². The molecule has 1 fully saturated rings. The number of benzene rings is 1. The summed E-state index contributed by atoms with van der Waals surface area (Å²) < 4.78 is 13.2. The van der Waals surface area contributed by atoms with Crippen LogP contribution >= 0.6 is 0 Å². The van der Waals surface area contributed by atoms with Gasteiger partial charge in [0.1, 0.15) is 0 Å². The lowest BCUT2D eigenvalue weighted by Crippen LogP contribution is -2.15. The summed E-state index contributed by atoms with van der Waals surface area (Å²) in [6, 6.07) is 4.32. The van der Waals surface area contributed by atoms with Crippen molar-refractivity contribution in [3.05, 3.63) is 34.1 Å². The SMILES string of the molecule is CCC1CCC(Nc2ccc(F)c([N+](=O)[O-])c2)C1. The van der Waals surface area contributed by atoms with Gasteiger partial charge in [-0.1, -0.05) is 13.3 Å². The molecule has 0 heterocycles. The highest BCUT2D eigenvalue weighted by atomic mass is 19.1. The molecule has 4 nitrogen and oxygen atoms in total. The number of rotatable bonds is 4. The van der Waals surface area contributed by atoms with Gasteiger partial charge in [0.2, 0.25) is 5.82 Å². The van der Waals surface area contributed by atoms with Crippen molar-refractivity contribution >= 4 is 11.4 Å². The first-order chi connectivity index (χ1) is 8.60. The predicted octanol–water partition coefficient (Wildman–Crippen LogP) is 3.72. The minimum Gasteiger partial charge on any atom is -0.382 e. The van der Waals surface area contributed by atoms with Gasteiger partial charge in [-0.05, 0) is 37.3 Å². The predicted molar refractivity (Wildman–Crippen MR) is 68.1 cm³/mol. The van der Waals surface area contributed by atoms with Gasteiger partial charge in [0.15, 0.2) is 0 Å². The number of anilines is 1. The molecule has 1 aliphatic rings. The van der Waals surface area contributed by atoms with E-state index in [2.05, 4.69) is 12.2 Å². The monoisotopic (exact) mass is 252 g/mol. The van der Waals surface area contributed by atoms with Crippen LogP contribution < -0.4 is 5.32 Å². The Morgan fingerprint density at radius 2 is 2.28 bits per heavy atom. The number of halogens is 1. The van der Waals surface area contributed by atoms with Crippen molar-refractivity contribution in [2.24, 2.45) is 5.92 Å². The van der Waals surface area contributed by atoms with Crippen molar-refractivity contribution in [3.63, 3.8) is 0 Å². The summed E-state index contributed by atoms with van der Waals surface area (Å²) in [7, 11) is 0. The first-order valence-electron chi connectivity index (χ1n) is 6.30. The van der Waals surface area contributed by atoms with Crippen LogP contribution in [0.5, 0.6) is 0 Å². The molecule has 1 saturated carbocycles. The van der Waals surface area contributed by atoms with E-state index < -0.39 is 16.4 Å². The molecule has 1 N–H and O–H groups in total. The zero-order valence-electron chi connectivity index (χ0n) is 10.4. The second kappa shape index (κ2) is 5.33. The smallest absolute Gasteiger partial charge is 0.306 e. The number of hydrogen-bond donors (Lipinski definition) is 1. The molecule has 1 aromatic carbocycles. The molecule has 1 aliphatic carbocycles. The summed E-state index contributed by atoms with van der Waals surface area (Å²) in [4.78, 5) is 9.96. The Hall–Kier alpha value is -1.65. The topological polar surface area (TPSA) is 55.2 Å². The second-order valence-corrected chi connectivity index (χ2v) is 4.85. The van der Waals surface area contributed by atoms with E-state index in [4.69, 9.17) is 0 Å². The van der Waals surface area contributed by atoms with Gasteiger partial charge in [-0.15, -0.1) is 0 Å². The second-order valence-electron chi connectivity index (χ2n) is 4.85. The summed E-state index contributed by atoms with van der Waals surface area (Å²) in [5.41, 5.74) is 0.162. The van der Waals surface area contributed by atoms with E-state index in [-0.39, 0.29) is 0 Å². The maximum absolute atomic E-state index is 13.2. The van der Waals surface area contributed by atoms with E-state index in [1.165, 1.54) is 18.9 Å². The fraction of sp³-hybridized carbons (Fsp3) is 0.538. The van der Waals surface area contributed by atoms with E-state index in [9.17, 15) is 14.5 Å². The van der Waals surface area contributed by atoms with Gasteiger partial charge in [0.05, 0.1) is 4.92 Å². The Kier molecular flexibility index (Phi) is 3.79. The minimum absolute atomic E-state index is 0.347. The third-order valence-electron chi connectivity index (χ3n) is 3.63. The van der Waals surface area contributed by atoms with Gasteiger partial charge in [-0.25, -0.2) is 0 Å². The van der Waals surface area contributed by atoms with Crippen molar-refractivity contribution in [3.8, 4) is 0 Å². The molecule has 0 aliphatic heterocycles. The lowest BCUT2D eigenvalue weighted by molar-refractivity contribution is -0.387. The van der Waals surface area contributed by atoms with Crippen LogP contribution in [0.2, 0.25) is 0 Å². The molecule has 2 atom stereocenters. The Labute approximate surface area is 105 Å². The quantitative estimate of drug-likeness (QED) is 0.656. The highest BCUT2D eigenvalue weighted by Crippen LogP contribution is 2.31. The van der Waals surface area contributed by atoms with Gasteiger partial charge in [0, 0.05) is 17.8 Å². The highest BCUT2D eigenvalue weighted by Gasteiger charge is 2.24. The molecule has 98 valence electrons. The van der Waals surface area contributed by atoms with Gasteiger partial charge < -0.3 is 5.32 Å². The lowest BCUT2D eigenvalue weighted by Gasteiger charge is -2.14. The van der Waals surface area contributed by atoms with E-state index >= 15 is 0 Å². The Bertz CT molecular complexity index is 451. The maximum atomic E-state index is 13.2. The summed E-state index contributed by atoms with van der Waals surface area (Å²) in [5, 5.41) is 13.9. The van der Waals surface area contributed by atoms with Gasteiger partial charge in [-0.2, -0.15) is 4.39 Å². The van der Waals surface area contributed by atoms with Crippen molar-refractivity contribution in [2.45, 2.75) is 38.6 Å². The van der Waals surface area contributed by atoms with Crippen LogP contribution in [0, 0.1) is 21.8 Å². The maximum Gasteiger partial charge on any atom is 0.306 e. The summed E-state index contributed by atoms with van der Waals surface area (Å²) in [6.07, 6.45) is 4.52. The molecule has 0 saturated heterocycles. The third-order valence-corrected chi connectivity index (χ3v) is 3.63. The van der Waals surface area contributed by atoms with Crippen LogP contribution in [0.25, 0.3) is 0 Å². The summed E-state index contributed by atoms with van der Waals surface area (Å²) in [5.74, 6) is -0.0543. The molecule has 1 aromatic rings. The Balaban J connectivity index is 2.06. The van der Waals surface area contributed by atoms with E-state index in [0.29, 0.717) is 11.7 Å². The molecule has 2 unspecified atom stereocenters. The van der Waals surface area contributed by atoms with Crippen molar-refractivity contribution < 1.29 is 9.31 Å². The first-order valence-corrected chi connectivity index (χ1v) is 6.30. The summed E-state index contributed by atoms with van der Waals surface area (Å²) in [6.45, 7) is 2.18. The molecule has 0 radical (unpaired) electrons. The van der Waals surface area contributed by atoms with Crippen LogP contribution in [-0.2, 0) is 0 Å². The van der Waals surface area contributed by atoms with Crippen molar-refractivity contribution in [2.75, 3.05) is 5.32 Å². The fourth-order valence-electron chi connectivity index (χ4n) is 2.55. The van der Waals surface area contributed by atoms with Crippen molar-refractivity contribution in [1.29, 1.82) is 0 Å². The normalized spacial score (nSPS) is 23.0. The number of nitrogens with zero attached hydrogens (tertiary/aromatic N) is 1. The van der Waals surface area contributed by atoms with Crippen LogP contribution in [0.3, 0.4) is 0 Å². The molecule has 5 heteroatoms. The zero-order valence-corrected chi connectivity index (χ0v) is 10.4. The molecule has 0 amide bonds. The molecule has 2 rings (SSSR count). The average Bonchev–Trinajstić information content (AvgIpc) is 2.79. The molecule has 0 spiro atoms. The summed E-state index contributed by atoms with van der Waals surface area (Å²) >= 11 is 0. The third kappa shape index (κ3) is 2.78. The van der Waals surface area contributed by atoms with Crippen LogP contribution in [-0.4, -0.2) is 11.0 Å². The zero-order chi connectivity index (χ0) is 13.1. The first kappa shape index (κ1) is 12.8. The minimum atomic E-state index is -0.789. The van der Waals surface area contributed by atoms with E-state index in [1.54, 1.807) is 6.07 Å². The van der Waals surface area contributed by atoms with Gasteiger partial charge >= 0.3 is 5.69 Å². The Morgan fingerprint density at radius 1 is 1.50 bits per heavy atom. The van der Waals surface area contributed by atoms with Crippen LogP contribution in [0.1, 0.15) is 32.6 Å². The number of nitro groups is 1. The standard InChI is InChI=1S/C13H17FN2O2/c1-2-9-3-4-10(7-9)15-11-5-6-12(14)13(8-11)16(17)18/h5-6,8-10,15H,2-4,7H2,1H3. The number of nitro benzene ring substituents is 1. The molecule has 18 heavy (non-hydrogen) atoms.